The number of aliphatic hydroxyl groups is 1. The average molecular weight is 407 g/mol. The number of nitrogens with zero attached hydrogens (tertiary/aromatic N) is 2. The van der Waals surface area contributed by atoms with Gasteiger partial charge in [0.2, 0.25) is 0 Å². The Kier molecular flexibility index (Phi) is 5.79. The second kappa shape index (κ2) is 8.08. The summed E-state index contributed by atoms with van der Waals surface area (Å²) >= 11 is 12.1. The second-order valence-electron chi connectivity index (χ2n) is 5.89. The molecule has 140 valence electrons. The lowest BCUT2D eigenvalue weighted by Gasteiger charge is -2.25. The number of ether oxygens (including phenoxy) is 1. The Labute approximate surface area is 166 Å². The highest BCUT2D eigenvalue weighted by Crippen LogP contribution is 2.40. The summed E-state index contributed by atoms with van der Waals surface area (Å²) < 4.78 is 5.06. The molecule has 1 aromatic carbocycles. The molecule has 1 N–H and O–H groups in total. The lowest BCUT2D eigenvalue weighted by Crippen LogP contribution is -2.32. The van der Waals surface area contributed by atoms with Gasteiger partial charge in [0.05, 0.1) is 28.3 Å². The number of amides is 1. The molecule has 2 aromatic rings. The number of aliphatic hydroxyl groups excluding tert-OH is 1. The normalized spacial score (nSPS) is 18.9. The fourth-order valence-corrected chi connectivity index (χ4v) is 3.30. The summed E-state index contributed by atoms with van der Waals surface area (Å²) in [6.45, 7) is 0.416. The molecule has 0 bridgehead atoms. The van der Waals surface area contributed by atoms with Crippen molar-refractivity contribution in [2.75, 3.05) is 20.3 Å². The quantitative estimate of drug-likeness (QED) is 0.467. The van der Waals surface area contributed by atoms with Gasteiger partial charge in [0, 0.05) is 31.6 Å². The molecule has 2 heterocycles. The molecule has 0 spiro atoms. The van der Waals surface area contributed by atoms with E-state index in [1.165, 1.54) is 24.4 Å². The van der Waals surface area contributed by atoms with E-state index in [1.54, 1.807) is 30.3 Å². The number of carbonyl (C=O) groups excluding carboxylic acids is 2. The van der Waals surface area contributed by atoms with Crippen LogP contribution in [-0.2, 0) is 14.3 Å². The fraction of sp³-hybridized carbons (Fsp3) is 0.211. The molecular formula is C19H16Cl2N2O4. The number of hydrogen-bond acceptors (Lipinski definition) is 5. The Morgan fingerprint density at radius 3 is 2.52 bits per heavy atom. The third-order valence-corrected chi connectivity index (χ3v) is 5.03. The van der Waals surface area contributed by atoms with E-state index in [-0.39, 0.29) is 29.5 Å². The topological polar surface area (TPSA) is 79.7 Å². The molecule has 6 nitrogen and oxygen atoms in total. The van der Waals surface area contributed by atoms with Crippen LogP contribution in [0.25, 0.3) is 5.76 Å². The van der Waals surface area contributed by atoms with Crippen molar-refractivity contribution in [2.45, 2.75) is 6.04 Å². The van der Waals surface area contributed by atoms with E-state index in [0.29, 0.717) is 16.1 Å². The van der Waals surface area contributed by atoms with Gasteiger partial charge in [-0.2, -0.15) is 0 Å². The zero-order valence-electron chi connectivity index (χ0n) is 14.4. The number of Topliss-reactive ketones (excluding diaryl/α,β-unsaturated/α-hetero) is 1. The van der Waals surface area contributed by atoms with E-state index in [2.05, 4.69) is 4.98 Å². The van der Waals surface area contributed by atoms with Gasteiger partial charge in [-0.15, -0.1) is 0 Å². The number of likely N-dealkylation sites (tertiary alicyclic amines) is 1. The number of aromatic nitrogens is 1. The summed E-state index contributed by atoms with van der Waals surface area (Å²) in [5.41, 5.74) is 0.941. The molecule has 3 rings (SSSR count). The highest BCUT2D eigenvalue weighted by Gasteiger charge is 2.45. The maximum absolute atomic E-state index is 12.7. The van der Waals surface area contributed by atoms with Crippen LogP contribution < -0.4 is 0 Å². The van der Waals surface area contributed by atoms with E-state index >= 15 is 0 Å². The summed E-state index contributed by atoms with van der Waals surface area (Å²) in [5, 5.41) is 11.4. The first-order valence-corrected chi connectivity index (χ1v) is 8.84. The van der Waals surface area contributed by atoms with Crippen molar-refractivity contribution >= 4 is 40.7 Å². The highest BCUT2D eigenvalue weighted by molar-refractivity contribution is 6.46. The van der Waals surface area contributed by atoms with Crippen molar-refractivity contribution in [3.63, 3.8) is 0 Å². The fourth-order valence-electron chi connectivity index (χ4n) is 2.99. The SMILES string of the molecule is COCCN1C(=O)C(=O)/C(=C(/O)c2ccncc2)C1c1ccc(Cl)c(Cl)c1. The number of hydrogen-bond donors (Lipinski definition) is 1. The van der Waals surface area contributed by atoms with Crippen molar-refractivity contribution < 1.29 is 19.4 Å². The number of rotatable bonds is 5. The molecule has 0 saturated carbocycles. The van der Waals surface area contributed by atoms with Crippen LogP contribution in [0.5, 0.6) is 0 Å². The zero-order chi connectivity index (χ0) is 19.6. The molecule has 27 heavy (non-hydrogen) atoms. The molecule has 1 aliphatic rings. The summed E-state index contributed by atoms with van der Waals surface area (Å²) in [6, 6.07) is 7.16. The first kappa shape index (κ1) is 19.4. The maximum atomic E-state index is 12.7. The lowest BCUT2D eigenvalue weighted by atomic mass is 9.95. The summed E-state index contributed by atoms with van der Waals surface area (Å²) in [5.74, 6) is -1.75. The highest BCUT2D eigenvalue weighted by atomic mass is 35.5. The van der Waals surface area contributed by atoms with Crippen molar-refractivity contribution in [1.29, 1.82) is 0 Å². The molecule has 1 saturated heterocycles. The van der Waals surface area contributed by atoms with Crippen LogP contribution in [0, 0.1) is 0 Å². The molecule has 1 unspecified atom stereocenters. The molecule has 1 fully saturated rings. The van der Waals surface area contributed by atoms with Crippen LogP contribution in [0.3, 0.4) is 0 Å². The van der Waals surface area contributed by atoms with Gasteiger partial charge in [-0.05, 0) is 29.8 Å². The van der Waals surface area contributed by atoms with Crippen LogP contribution >= 0.6 is 23.2 Å². The molecule has 8 heteroatoms. The Hall–Kier alpha value is -2.41. The minimum Gasteiger partial charge on any atom is -0.507 e. The molecule has 0 aliphatic carbocycles. The van der Waals surface area contributed by atoms with Crippen molar-refractivity contribution in [2.24, 2.45) is 0 Å². The van der Waals surface area contributed by atoms with E-state index in [9.17, 15) is 14.7 Å². The van der Waals surface area contributed by atoms with Crippen molar-refractivity contribution in [3.8, 4) is 0 Å². The number of pyridine rings is 1. The van der Waals surface area contributed by atoms with E-state index in [0.717, 1.165) is 0 Å². The Morgan fingerprint density at radius 1 is 1.19 bits per heavy atom. The third kappa shape index (κ3) is 3.69. The molecule has 1 aromatic heterocycles. The van der Waals surface area contributed by atoms with E-state index in [4.69, 9.17) is 27.9 Å². The van der Waals surface area contributed by atoms with Crippen LogP contribution in [0.15, 0.2) is 48.3 Å². The van der Waals surface area contributed by atoms with Gasteiger partial charge in [-0.3, -0.25) is 14.6 Å². The first-order valence-electron chi connectivity index (χ1n) is 8.08. The molecule has 1 aliphatic heterocycles. The summed E-state index contributed by atoms with van der Waals surface area (Å²) in [4.78, 5) is 30.6. The van der Waals surface area contributed by atoms with Crippen LogP contribution in [0.4, 0.5) is 0 Å². The minimum absolute atomic E-state index is 0.0132. The predicted molar refractivity (Wildman–Crippen MR) is 102 cm³/mol. The second-order valence-corrected chi connectivity index (χ2v) is 6.71. The van der Waals surface area contributed by atoms with E-state index in [1.807, 2.05) is 0 Å². The van der Waals surface area contributed by atoms with Gasteiger partial charge >= 0.3 is 0 Å². The average Bonchev–Trinajstić information content (AvgIpc) is 2.93. The number of carbonyl (C=O) groups is 2. The van der Waals surface area contributed by atoms with Gasteiger partial charge in [-0.25, -0.2) is 0 Å². The number of methoxy groups -OCH3 is 1. The Morgan fingerprint density at radius 2 is 1.89 bits per heavy atom. The predicted octanol–water partition coefficient (Wildman–Crippen LogP) is 3.46. The monoisotopic (exact) mass is 406 g/mol. The van der Waals surface area contributed by atoms with Crippen molar-refractivity contribution in [1.82, 2.24) is 9.88 Å². The van der Waals surface area contributed by atoms with Crippen LogP contribution in [-0.4, -0.2) is 46.9 Å². The largest absolute Gasteiger partial charge is 0.507 e. The van der Waals surface area contributed by atoms with Crippen LogP contribution in [0.2, 0.25) is 10.0 Å². The first-order chi connectivity index (χ1) is 13.0. The lowest BCUT2D eigenvalue weighted by molar-refractivity contribution is -0.140. The molecule has 1 atom stereocenters. The minimum atomic E-state index is -0.803. The Balaban J connectivity index is 2.18. The summed E-state index contributed by atoms with van der Waals surface area (Å²) in [7, 11) is 1.50. The molecule has 1 amide bonds. The smallest absolute Gasteiger partial charge is 0.295 e. The van der Waals surface area contributed by atoms with Crippen LogP contribution in [0.1, 0.15) is 17.2 Å². The summed E-state index contributed by atoms with van der Waals surface area (Å²) in [6.07, 6.45) is 2.98. The van der Waals surface area contributed by atoms with Gasteiger partial charge in [-0.1, -0.05) is 29.3 Å². The van der Waals surface area contributed by atoms with E-state index < -0.39 is 17.7 Å². The number of ketones is 1. The third-order valence-electron chi connectivity index (χ3n) is 4.29. The van der Waals surface area contributed by atoms with Crippen molar-refractivity contribution in [3.05, 3.63) is 69.5 Å². The standard InChI is InChI=1S/C19H16Cl2N2O4/c1-27-9-8-23-16(12-2-3-13(20)14(21)10-12)15(18(25)19(23)26)17(24)11-4-6-22-7-5-11/h2-7,10,16,24H,8-9H2,1H3/b17-15+. The van der Waals surface area contributed by atoms with Gasteiger partial charge in [0.15, 0.2) is 0 Å². The number of halogens is 2. The van der Waals surface area contributed by atoms with Gasteiger partial charge in [0.1, 0.15) is 5.76 Å². The number of benzene rings is 1. The van der Waals surface area contributed by atoms with Gasteiger partial charge < -0.3 is 14.7 Å². The molecular weight excluding hydrogens is 391 g/mol. The Bertz CT molecular complexity index is 915. The zero-order valence-corrected chi connectivity index (χ0v) is 15.9. The molecule has 0 radical (unpaired) electrons. The van der Waals surface area contributed by atoms with Gasteiger partial charge in [0.25, 0.3) is 11.7 Å². The maximum Gasteiger partial charge on any atom is 0.295 e.